The van der Waals surface area contributed by atoms with Gasteiger partial charge < -0.3 is 10.1 Å². The van der Waals surface area contributed by atoms with E-state index in [1.165, 1.54) is 18.2 Å². The zero-order chi connectivity index (χ0) is 26.3. The third-order valence-corrected chi connectivity index (χ3v) is 7.36. The van der Waals surface area contributed by atoms with Crippen LogP contribution in [0.25, 0.3) is 16.6 Å². The van der Waals surface area contributed by atoms with Crippen molar-refractivity contribution in [3.05, 3.63) is 93.8 Å². The summed E-state index contributed by atoms with van der Waals surface area (Å²) in [6, 6.07) is 14.7. The molecule has 0 saturated carbocycles. The van der Waals surface area contributed by atoms with Crippen LogP contribution in [0.2, 0.25) is 5.02 Å². The summed E-state index contributed by atoms with van der Waals surface area (Å²) < 4.78 is 36.7. The molecule has 1 N–H and O–H groups in total. The Morgan fingerprint density at radius 1 is 1.03 bits per heavy atom. The first kappa shape index (κ1) is 25.4. The first-order valence-electron chi connectivity index (χ1n) is 12.3. The van der Waals surface area contributed by atoms with Gasteiger partial charge in [-0.05, 0) is 67.6 Å². The Bertz CT molecular complexity index is 1450. The molecule has 0 aliphatic carbocycles. The number of fused-ring (bicyclic) bond motifs is 1. The van der Waals surface area contributed by atoms with Crippen molar-refractivity contribution in [3.8, 4) is 11.1 Å². The Kier molecular flexibility index (Phi) is 6.77. The molecule has 0 spiro atoms. The van der Waals surface area contributed by atoms with Crippen molar-refractivity contribution in [2.75, 3.05) is 13.2 Å². The van der Waals surface area contributed by atoms with Gasteiger partial charge in [0.15, 0.2) is 0 Å². The number of nitrogens with zero attached hydrogens (tertiary/aromatic N) is 2. The highest BCUT2D eigenvalue weighted by molar-refractivity contribution is 6.30. The van der Waals surface area contributed by atoms with Gasteiger partial charge in [0.1, 0.15) is 11.6 Å². The van der Waals surface area contributed by atoms with E-state index in [-0.39, 0.29) is 17.4 Å². The van der Waals surface area contributed by atoms with Crippen molar-refractivity contribution in [2.24, 2.45) is 0 Å². The van der Waals surface area contributed by atoms with E-state index < -0.39 is 17.2 Å². The SMILES string of the molecule is Cc1nn2c(C(C)C)c(C(=O)NC3(c4ccc(Cl)cc4)CCOCC3)ccc2c1-c1c(F)cccc1F. The minimum absolute atomic E-state index is 0.0942. The number of hydrogen-bond donors (Lipinski definition) is 1. The lowest BCUT2D eigenvalue weighted by atomic mass is 9.82. The quantitative estimate of drug-likeness (QED) is 0.313. The molecule has 0 radical (unpaired) electrons. The lowest BCUT2D eigenvalue weighted by Crippen LogP contribution is -2.49. The maximum atomic E-state index is 14.7. The molecule has 37 heavy (non-hydrogen) atoms. The van der Waals surface area contributed by atoms with Gasteiger partial charge in [-0.15, -0.1) is 0 Å². The number of amides is 1. The molecule has 5 rings (SSSR count). The third-order valence-electron chi connectivity index (χ3n) is 7.11. The number of nitrogens with one attached hydrogen (secondary N) is 1. The van der Waals surface area contributed by atoms with E-state index in [4.69, 9.17) is 16.3 Å². The number of carbonyl (C=O) groups excluding carboxylic acids is 1. The fourth-order valence-corrected chi connectivity index (χ4v) is 5.42. The Hall–Kier alpha value is -3.29. The fourth-order valence-electron chi connectivity index (χ4n) is 5.30. The van der Waals surface area contributed by atoms with Crippen molar-refractivity contribution < 1.29 is 18.3 Å². The summed E-state index contributed by atoms with van der Waals surface area (Å²) in [5.74, 6) is -1.65. The fraction of sp³-hybridized carbons (Fsp3) is 0.310. The summed E-state index contributed by atoms with van der Waals surface area (Å²) in [4.78, 5) is 13.9. The van der Waals surface area contributed by atoms with Gasteiger partial charge >= 0.3 is 0 Å². The van der Waals surface area contributed by atoms with Crippen LogP contribution in [0.3, 0.4) is 0 Å². The van der Waals surface area contributed by atoms with E-state index in [0.717, 1.165) is 5.56 Å². The molecule has 4 aromatic rings. The van der Waals surface area contributed by atoms with Crippen LogP contribution in [0.5, 0.6) is 0 Å². The van der Waals surface area contributed by atoms with Gasteiger partial charge in [-0.2, -0.15) is 5.10 Å². The van der Waals surface area contributed by atoms with E-state index in [1.54, 1.807) is 23.6 Å². The van der Waals surface area contributed by atoms with Gasteiger partial charge in [0.25, 0.3) is 5.91 Å². The highest BCUT2D eigenvalue weighted by Crippen LogP contribution is 2.36. The summed E-state index contributed by atoms with van der Waals surface area (Å²) in [6.45, 7) is 6.70. The molecule has 2 aromatic carbocycles. The van der Waals surface area contributed by atoms with Crippen LogP contribution in [0.1, 0.15) is 59.9 Å². The predicted octanol–water partition coefficient (Wildman–Crippen LogP) is 6.80. The molecule has 1 fully saturated rings. The maximum absolute atomic E-state index is 14.7. The number of ether oxygens (including phenoxy) is 1. The average Bonchev–Trinajstić information content (AvgIpc) is 3.19. The van der Waals surface area contributed by atoms with Crippen LogP contribution in [-0.4, -0.2) is 28.7 Å². The van der Waals surface area contributed by atoms with Crippen molar-refractivity contribution in [1.29, 1.82) is 0 Å². The van der Waals surface area contributed by atoms with Gasteiger partial charge in [-0.25, -0.2) is 13.3 Å². The molecule has 0 atom stereocenters. The standard InChI is InChI=1S/C29H28ClF2N3O2/c1-17(2)27-21(28(36)33-29(13-15-37-16-14-29)19-7-9-20(30)10-8-19)11-12-24-25(18(3)34-35(24)27)26-22(31)5-4-6-23(26)32/h4-12,17H,13-16H2,1-3H3,(H,33,36). The van der Waals surface area contributed by atoms with E-state index in [9.17, 15) is 13.6 Å². The normalized spacial score (nSPS) is 15.3. The van der Waals surface area contributed by atoms with Gasteiger partial charge in [0.2, 0.25) is 0 Å². The highest BCUT2D eigenvalue weighted by atomic mass is 35.5. The molecule has 0 unspecified atom stereocenters. The van der Waals surface area contributed by atoms with Crippen molar-refractivity contribution >= 4 is 23.0 Å². The highest BCUT2D eigenvalue weighted by Gasteiger charge is 2.37. The molecule has 2 aromatic heterocycles. The van der Waals surface area contributed by atoms with E-state index >= 15 is 0 Å². The van der Waals surface area contributed by atoms with Crippen molar-refractivity contribution in [2.45, 2.75) is 45.1 Å². The summed E-state index contributed by atoms with van der Waals surface area (Å²) in [6.07, 6.45) is 1.24. The van der Waals surface area contributed by atoms with Crippen LogP contribution < -0.4 is 5.32 Å². The molecule has 1 saturated heterocycles. The monoisotopic (exact) mass is 523 g/mol. The number of hydrogen-bond acceptors (Lipinski definition) is 3. The summed E-state index contributed by atoms with van der Waals surface area (Å²) in [5, 5.41) is 8.56. The number of aromatic nitrogens is 2. The third kappa shape index (κ3) is 4.51. The number of aryl methyl sites for hydroxylation is 1. The largest absolute Gasteiger partial charge is 0.381 e. The topological polar surface area (TPSA) is 55.6 Å². The Labute approximate surface area is 219 Å². The summed E-state index contributed by atoms with van der Waals surface area (Å²) in [5.41, 5.74) is 2.77. The smallest absolute Gasteiger partial charge is 0.253 e. The molecule has 1 aliphatic heterocycles. The Morgan fingerprint density at radius 3 is 2.30 bits per heavy atom. The first-order chi connectivity index (χ1) is 17.7. The molecular formula is C29H28ClF2N3O2. The molecule has 5 nitrogen and oxygen atoms in total. The molecule has 3 heterocycles. The average molecular weight is 524 g/mol. The Balaban J connectivity index is 1.62. The molecule has 1 aliphatic rings. The van der Waals surface area contributed by atoms with E-state index in [0.29, 0.717) is 59.1 Å². The number of pyridine rings is 1. The molecular weight excluding hydrogens is 496 g/mol. The molecule has 8 heteroatoms. The minimum atomic E-state index is -0.657. The summed E-state index contributed by atoms with van der Waals surface area (Å²) >= 11 is 6.12. The van der Waals surface area contributed by atoms with E-state index in [2.05, 4.69) is 10.4 Å². The lowest BCUT2D eigenvalue weighted by Gasteiger charge is -2.39. The number of rotatable bonds is 5. The van der Waals surface area contributed by atoms with Crippen LogP contribution in [-0.2, 0) is 10.3 Å². The second-order valence-electron chi connectivity index (χ2n) is 9.80. The summed E-state index contributed by atoms with van der Waals surface area (Å²) in [7, 11) is 0. The zero-order valence-corrected chi connectivity index (χ0v) is 21.7. The second kappa shape index (κ2) is 9.88. The number of halogens is 3. The van der Waals surface area contributed by atoms with Gasteiger partial charge in [0.05, 0.1) is 33.6 Å². The number of benzene rings is 2. The molecule has 1 amide bonds. The predicted molar refractivity (Wildman–Crippen MR) is 140 cm³/mol. The molecule has 0 bridgehead atoms. The van der Waals surface area contributed by atoms with Gasteiger partial charge in [-0.3, -0.25) is 4.79 Å². The maximum Gasteiger partial charge on any atom is 0.253 e. The van der Waals surface area contributed by atoms with Crippen molar-refractivity contribution in [1.82, 2.24) is 14.9 Å². The minimum Gasteiger partial charge on any atom is -0.381 e. The van der Waals surface area contributed by atoms with Crippen LogP contribution >= 0.6 is 11.6 Å². The Morgan fingerprint density at radius 2 is 1.68 bits per heavy atom. The van der Waals surface area contributed by atoms with Crippen LogP contribution in [0, 0.1) is 18.6 Å². The van der Waals surface area contributed by atoms with Gasteiger partial charge in [-0.1, -0.05) is 43.6 Å². The zero-order valence-electron chi connectivity index (χ0n) is 20.9. The molecule has 192 valence electrons. The van der Waals surface area contributed by atoms with Crippen molar-refractivity contribution in [3.63, 3.8) is 0 Å². The number of carbonyl (C=O) groups is 1. The lowest BCUT2D eigenvalue weighted by molar-refractivity contribution is 0.0345. The van der Waals surface area contributed by atoms with Crippen LogP contribution in [0.15, 0.2) is 54.6 Å². The van der Waals surface area contributed by atoms with Gasteiger partial charge in [0, 0.05) is 23.8 Å². The van der Waals surface area contributed by atoms with E-state index in [1.807, 2.05) is 38.1 Å². The first-order valence-corrected chi connectivity index (χ1v) is 12.7. The second-order valence-corrected chi connectivity index (χ2v) is 10.2. The van der Waals surface area contributed by atoms with Crippen LogP contribution in [0.4, 0.5) is 8.78 Å².